The van der Waals surface area contributed by atoms with Crippen LogP contribution in [0.3, 0.4) is 0 Å². The maximum absolute atomic E-state index is 13.4. The van der Waals surface area contributed by atoms with Gasteiger partial charge in [0.05, 0.1) is 38.8 Å². The molecule has 0 aromatic heterocycles. The normalized spacial score (nSPS) is 17.9. The van der Waals surface area contributed by atoms with E-state index in [4.69, 9.17) is 16.3 Å². The molecule has 1 saturated heterocycles. The number of nitrogens with zero attached hydrogens (tertiary/aromatic N) is 1. The van der Waals surface area contributed by atoms with Gasteiger partial charge in [-0.1, -0.05) is 41.6 Å². The molecule has 2 aromatic carbocycles. The van der Waals surface area contributed by atoms with Crippen molar-refractivity contribution in [1.29, 1.82) is 0 Å². The smallest absolute Gasteiger partial charge is 0.295 e. The van der Waals surface area contributed by atoms with E-state index in [1.807, 2.05) is 6.92 Å². The van der Waals surface area contributed by atoms with Gasteiger partial charge in [0.25, 0.3) is 5.91 Å². The molecule has 0 saturated carbocycles. The predicted octanol–water partition coefficient (Wildman–Crippen LogP) is 1.89. The summed E-state index contributed by atoms with van der Waals surface area (Å²) in [5, 5.41) is 13.9. The third-order valence-corrected chi connectivity index (χ3v) is 6.06. The maximum atomic E-state index is 13.4. The summed E-state index contributed by atoms with van der Waals surface area (Å²) >= 11 is 6.21. The topological polar surface area (TPSA) is 74.1 Å². The van der Waals surface area contributed by atoms with Crippen molar-refractivity contribution < 1.29 is 24.3 Å². The lowest BCUT2D eigenvalue weighted by molar-refractivity contribution is -0.895. The molecule has 0 bridgehead atoms. The number of Topliss-reactive ketones (excluding diaryl/α,β-unsaturated/α-hetero) is 1. The first kappa shape index (κ1) is 23.8. The van der Waals surface area contributed by atoms with E-state index < -0.39 is 23.5 Å². The van der Waals surface area contributed by atoms with Crippen LogP contribution in [0.5, 0.6) is 5.75 Å². The monoisotopic (exact) mass is 456 g/mol. The maximum Gasteiger partial charge on any atom is 0.295 e. The molecule has 1 fully saturated rings. The highest BCUT2D eigenvalue weighted by Crippen LogP contribution is 2.39. The molecule has 32 heavy (non-hydrogen) atoms. The average Bonchev–Trinajstić information content (AvgIpc) is 3.05. The van der Waals surface area contributed by atoms with Crippen LogP contribution in [0.4, 0.5) is 0 Å². The number of amides is 1. The van der Waals surface area contributed by atoms with Crippen LogP contribution < -0.4 is 14.7 Å². The van der Waals surface area contributed by atoms with E-state index in [1.54, 1.807) is 48.5 Å². The summed E-state index contributed by atoms with van der Waals surface area (Å²) in [6.45, 7) is 9.44. The fourth-order valence-corrected chi connectivity index (χ4v) is 4.23. The predicted molar refractivity (Wildman–Crippen MR) is 122 cm³/mol. The number of likely N-dealkylation sites (tertiary alicyclic amines) is 1. The lowest BCUT2D eigenvalue weighted by Gasteiger charge is -2.28. The number of nitrogens with one attached hydrogen (secondary N) is 1. The molecule has 1 N–H and O–H groups in total. The zero-order valence-corrected chi connectivity index (χ0v) is 19.4. The Morgan fingerprint density at radius 3 is 2.38 bits per heavy atom. The molecule has 3 rings (SSSR count). The summed E-state index contributed by atoms with van der Waals surface area (Å²) in [7, 11) is 0. The second-order valence-corrected chi connectivity index (χ2v) is 8.13. The fraction of sp³-hybridized carbons (Fsp3) is 0.360. The van der Waals surface area contributed by atoms with E-state index in [-0.39, 0.29) is 5.57 Å². The zero-order valence-electron chi connectivity index (χ0n) is 18.7. The average molecular weight is 457 g/mol. The van der Waals surface area contributed by atoms with Gasteiger partial charge in [0.15, 0.2) is 0 Å². The lowest BCUT2D eigenvalue weighted by Crippen LogP contribution is -3.12. The molecule has 7 heteroatoms. The third-order valence-electron chi connectivity index (χ3n) is 5.83. The largest absolute Gasteiger partial charge is 0.872 e. The molecule has 1 amide bonds. The molecular weight excluding hydrogens is 428 g/mol. The molecule has 0 aliphatic carbocycles. The van der Waals surface area contributed by atoms with Crippen LogP contribution >= 0.6 is 11.6 Å². The molecule has 0 spiro atoms. The van der Waals surface area contributed by atoms with Gasteiger partial charge < -0.3 is 19.6 Å². The van der Waals surface area contributed by atoms with Gasteiger partial charge in [-0.2, -0.15) is 0 Å². The molecule has 1 unspecified atom stereocenters. The van der Waals surface area contributed by atoms with Gasteiger partial charge in [-0.25, -0.2) is 0 Å². The number of halogens is 1. The zero-order chi connectivity index (χ0) is 23.3. The Morgan fingerprint density at radius 2 is 1.78 bits per heavy atom. The minimum atomic E-state index is -0.761. The Kier molecular flexibility index (Phi) is 7.94. The minimum Gasteiger partial charge on any atom is -0.872 e. The second-order valence-electron chi connectivity index (χ2n) is 7.69. The van der Waals surface area contributed by atoms with E-state index in [1.165, 1.54) is 9.80 Å². The number of hydrogen-bond donors (Lipinski definition) is 1. The SMILES string of the molecule is CCOc1ccc(/C([O-])=C2\C(=O)C(=O)N(CC[NH+](CC)CC)C2c2cccc(Cl)c2)cc1. The molecule has 6 nitrogen and oxygen atoms in total. The summed E-state index contributed by atoms with van der Waals surface area (Å²) in [5.41, 5.74) is 0.962. The number of likely N-dealkylation sites (N-methyl/N-ethyl adjacent to an activating group) is 1. The number of ether oxygens (including phenoxy) is 1. The van der Waals surface area contributed by atoms with Crippen molar-refractivity contribution >= 4 is 29.1 Å². The molecule has 1 heterocycles. The van der Waals surface area contributed by atoms with E-state index in [2.05, 4.69) is 13.8 Å². The minimum absolute atomic E-state index is 0.0315. The van der Waals surface area contributed by atoms with Gasteiger partial charge in [0, 0.05) is 10.6 Å². The molecule has 2 aromatic rings. The van der Waals surface area contributed by atoms with Crippen LogP contribution in [0.15, 0.2) is 54.1 Å². The number of benzene rings is 2. The summed E-state index contributed by atoms with van der Waals surface area (Å²) in [5.74, 6) is -1.20. The van der Waals surface area contributed by atoms with E-state index in [9.17, 15) is 14.7 Å². The van der Waals surface area contributed by atoms with Crippen molar-refractivity contribution in [3.05, 3.63) is 70.3 Å². The van der Waals surface area contributed by atoms with Crippen LogP contribution in [0.1, 0.15) is 37.9 Å². The number of quaternary nitrogens is 1. The molecular formula is C25H29ClN2O4. The van der Waals surface area contributed by atoms with Gasteiger partial charge in [0.2, 0.25) is 5.78 Å². The Balaban J connectivity index is 2.06. The summed E-state index contributed by atoms with van der Waals surface area (Å²) in [6.07, 6.45) is 0. The standard InChI is InChI=1S/C25H29ClN2O4/c1-4-27(5-2)14-15-28-22(18-8-7-9-19(26)16-18)21(24(30)25(28)31)23(29)17-10-12-20(13-11-17)32-6-3/h7-13,16,22,29H,4-6,14-15H2,1-3H3/b23-21+. The van der Waals surface area contributed by atoms with Crippen LogP contribution in [0.2, 0.25) is 5.02 Å². The summed E-state index contributed by atoms with van der Waals surface area (Å²) in [6, 6.07) is 12.8. The van der Waals surface area contributed by atoms with Crippen LogP contribution in [0, 0.1) is 0 Å². The first-order valence-electron chi connectivity index (χ1n) is 11.0. The number of ketones is 1. The molecule has 1 aliphatic heterocycles. The van der Waals surface area contributed by atoms with Crippen molar-refractivity contribution in [2.75, 3.05) is 32.8 Å². The van der Waals surface area contributed by atoms with Crippen LogP contribution in [-0.2, 0) is 9.59 Å². The highest BCUT2D eigenvalue weighted by molar-refractivity contribution is 6.46. The highest BCUT2D eigenvalue weighted by Gasteiger charge is 2.44. The van der Waals surface area contributed by atoms with Gasteiger partial charge in [0.1, 0.15) is 5.75 Å². The van der Waals surface area contributed by atoms with Gasteiger partial charge in [-0.05, 0) is 56.2 Å². The van der Waals surface area contributed by atoms with Crippen LogP contribution in [-0.4, -0.2) is 49.4 Å². The third kappa shape index (κ3) is 4.97. The van der Waals surface area contributed by atoms with Gasteiger partial charge in [-0.3, -0.25) is 9.59 Å². The number of carbonyl (C=O) groups excluding carboxylic acids is 2. The van der Waals surface area contributed by atoms with E-state index in [0.717, 1.165) is 13.1 Å². The molecule has 1 aliphatic rings. The van der Waals surface area contributed by atoms with Crippen molar-refractivity contribution in [2.24, 2.45) is 0 Å². The lowest BCUT2D eigenvalue weighted by atomic mass is 9.95. The van der Waals surface area contributed by atoms with Gasteiger partial charge >= 0.3 is 0 Å². The molecule has 1 atom stereocenters. The Morgan fingerprint density at radius 1 is 1.09 bits per heavy atom. The molecule has 170 valence electrons. The van der Waals surface area contributed by atoms with E-state index >= 15 is 0 Å². The summed E-state index contributed by atoms with van der Waals surface area (Å²) in [4.78, 5) is 28.9. The number of carbonyl (C=O) groups is 2. The van der Waals surface area contributed by atoms with Crippen LogP contribution in [0.25, 0.3) is 5.76 Å². The van der Waals surface area contributed by atoms with Crippen molar-refractivity contribution in [3.8, 4) is 5.75 Å². The van der Waals surface area contributed by atoms with E-state index in [0.29, 0.717) is 41.6 Å². The number of rotatable bonds is 9. The second kappa shape index (κ2) is 10.7. The molecule has 0 radical (unpaired) electrons. The quantitative estimate of drug-likeness (QED) is 0.355. The Hall–Kier alpha value is -2.83. The first-order chi connectivity index (χ1) is 15.4. The van der Waals surface area contributed by atoms with Gasteiger partial charge in [-0.15, -0.1) is 0 Å². The number of hydrogen-bond acceptors (Lipinski definition) is 4. The Labute approximate surface area is 194 Å². The van der Waals surface area contributed by atoms with Crippen molar-refractivity contribution in [1.82, 2.24) is 4.90 Å². The first-order valence-corrected chi connectivity index (χ1v) is 11.4. The summed E-state index contributed by atoms with van der Waals surface area (Å²) < 4.78 is 5.44. The highest BCUT2D eigenvalue weighted by atomic mass is 35.5. The van der Waals surface area contributed by atoms with Crippen molar-refractivity contribution in [2.45, 2.75) is 26.8 Å². The fourth-order valence-electron chi connectivity index (χ4n) is 4.03. The Bertz CT molecular complexity index is 999. The van der Waals surface area contributed by atoms with Crippen molar-refractivity contribution in [3.63, 3.8) is 0 Å².